The van der Waals surface area contributed by atoms with Crippen molar-refractivity contribution in [1.29, 1.82) is 0 Å². The summed E-state index contributed by atoms with van der Waals surface area (Å²) >= 11 is 0. The van der Waals surface area contributed by atoms with Gasteiger partial charge in [-0.2, -0.15) is 0 Å². The van der Waals surface area contributed by atoms with E-state index >= 15 is 0 Å². The van der Waals surface area contributed by atoms with Crippen LogP contribution in [0, 0.1) is 0 Å². The van der Waals surface area contributed by atoms with Gasteiger partial charge in [0, 0.05) is 19.2 Å². The molecule has 1 aromatic carbocycles. The lowest BCUT2D eigenvalue weighted by Gasteiger charge is -2.28. The minimum atomic E-state index is -0.199. The van der Waals surface area contributed by atoms with Crippen LogP contribution < -0.4 is 16.4 Å². The van der Waals surface area contributed by atoms with Crippen LogP contribution in [0.2, 0.25) is 0 Å². The zero-order valence-electron chi connectivity index (χ0n) is 11.7. The van der Waals surface area contributed by atoms with E-state index < -0.39 is 0 Å². The summed E-state index contributed by atoms with van der Waals surface area (Å²) in [5.74, 6) is 0.0484. The van der Waals surface area contributed by atoms with Crippen molar-refractivity contribution in [1.82, 2.24) is 0 Å². The number of benzene rings is 1. The number of hydrogen-bond donors (Lipinski definition) is 3. The summed E-state index contributed by atoms with van der Waals surface area (Å²) in [6.45, 7) is 4.69. The van der Waals surface area contributed by atoms with Gasteiger partial charge in [-0.3, -0.25) is 4.79 Å². The van der Waals surface area contributed by atoms with E-state index in [1.165, 1.54) is 0 Å². The average molecular weight is 263 g/mol. The van der Waals surface area contributed by atoms with Gasteiger partial charge in [-0.1, -0.05) is 0 Å². The SMILES string of the molecule is COCC(C)(C)Nc1cc2c(cc1N)NC(=O)CC2. The summed E-state index contributed by atoms with van der Waals surface area (Å²) < 4.78 is 5.19. The number of aryl methyl sites for hydroxylation is 1. The first-order chi connectivity index (χ1) is 8.91. The van der Waals surface area contributed by atoms with Crippen molar-refractivity contribution in [3.8, 4) is 0 Å². The van der Waals surface area contributed by atoms with Crippen LogP contribution in [0.3, 0.4) is 0 Å². The summed E-state index contributed by atoms with van der Waals surface area (Å²) in [5.41, 5.74) is 9.29. The van der Waals surface area contributed by atoms with Gasteiger partial charge in [-0.25, -0.2) is 0 Å². The number of nitrogens with one attached hydrogen (secondary N) is 2. The molecule has 0 radical (unpaired) electrons. The zero-order valence-corrected chi connectivity index (χ0v) is 11.7. The van der Waals surface area contributed by atoms with Gasteiger partial charge < -0.3 is 21.1 Å². The van der Waals surface area contributed by atoms with Crippen molar-refractivity contribution in [2.75, 3.05) is 30.1 Å². The molecule has 4 N–H and O–H groups in total. The number of amides is 1. The predicted octanol–water partition coefficient (Wildman–Crippen LogP) is 1.99. The second-order valence-corrected chi connectivity index (χ2v) is 5.59. The van der Waals surface area contributed by atoms with E-state index in [1.807, 2.05) is 12.1 Å². The van der Waals surface area contributed by atoms with Crippen LogP contribution in [0.4, 0.5) is 17.1 Å². The lowest BCUT2D eigenvalue weighted by molar-refractivity contribution is -0.116. The molecular weight excluding hydrogens is 242 g/mol. The van der Waals surface area contributed by atoms with Gasteiger partial charge in [0.2, 0.25) is 5.91 Å². The average Bonchev–Trinajstić information content (AvgIpc) is 2.30. The lowest BCUT2D eigenvalue weighted by atomic mass is 9.99. The van der Waals surface area contributed by atoms with E-state index in [0.717, 1.165) is 23.4 Å². The van der Waals surface area contributed by atoms with Gasteiger partial charge in [-0.05, 0) is 38.0 Å². The molecule has 19 heavy (non-hydrogen) atoms. The normalized spacial score (nSPS) is 14.8. The second kappa shape index (κ2) is 5.09. The van der Waals surface area contributed by atoms with Crippen molar-refractivity contribution in [2.45, 2.75) is 32.2 Å². The molecule has 2 rings (SSSR count). The summed E-state index contributed by atoms with van der Waals surface area (Å²) in [6, 6.07) is 3.83. The van der Waals surface area contributed by atoms with Crippen molar-refractivity contribution < 1.29 is 9.53 Å². The second-order valence-electron chi connectivity index (χ2n) is 5.59. The minimum Gasteiger partial charge on any atom is -0.397 e. The summed E-state index contributed by atoms with van der Waals surface area (Å²) in [6.07, 6.45) is 1.28. The van der Waals surface area contributed by atoms with Gasteiger partial charge in [-0.15, -0.1) is 0 Å². The van der Waals surface area contributed by atoms with E-state index in [0.29, 0.717) is 18.7 Å². The van der Waals surface area contributed by atoms with Crippen LogP contribution in [0.15, 0.2) is 12.1 Å². The maximum atomic E-state index is 11.4. The van der Waals surface area contributed by atoms with Crippen molar-refractivity contribution >= 4 is 23.0 Å². The standard InChI is InChI=1S/C14H21N3O2/c1-14(2,8-19-3)17-12-6-9-4-5-13(18)16-11(9)7-10(12)15/h6-7,17H,4-5,8,15H2,1-3H3,(H,16,18). The Morgan fingerprint density at radius 3 is 2.84 bits per heavy atom. The first-order valence-corrected chi connectivity index (χ1v) is 6.41. The van der Waals surface area contributed by atoms with E-state index in [1.54, 1.807) is 7.11 Å². The molecule has 0 aliphatic carbocycles. The molecule has 0 saturated heterocycles. The highest BCUT2D eigenvalue weighted by Crippen LogP contribution is 2.32. The van der Waals surface area contributed by atoms with Gasteiger partial charge in [0.15, 0.2) is 0 Å². The highest BCUT2D eigenvalue weighted by molar-refractivity contribution is 5.95. The smallest absolute Gasteiger partial charge is 0.224 e. The molecule has 0 saturated carbocycles. The molecule has 1 aromatic rings. The maximum absolute atomic E-state index is 11.4. The quantitative estimate of drug-likeness (QED) is 0.726. The van der Waals surface area contributed by atoms with Crippen molar-refractivity contribution in [3.63, 3.8) is 0 Å². The number of ether oxygens (including phenoxy) is 1. The third-order valence-corrected chi connectivity index (χ3v) is 3.15. The van der Waals surface area contributed by atoms with Crippen LogP contribution in [0.5, 0.6) is 0 Å². The number of methoxy groups -OCH3 is 1. The Morgan fingerprint density at radius 2 is 2.16 bits per heavy atom. The molecule has 1 heterocycles. The molecule has 1 aliphatic heterocycles. The Hall–Kier alpha value is -1.75. The number of nitrogens with two attached hydrogens (primary N) is 1. The number of fused-ring (bicyclic) bond motifs is 1. The largest absolute Gasteiger partial charge is 0.397 e. The molecule has 0 spiro atoms. The first-order valence-electron chi connectivity index (χ1n) is 6.41. The van der Waals surface area contributed by atoms with Crippen LogP contribution in [0.1, 0.15) is 25.8 Å². The van der Waals surface area contributed by atoms with Crippen molar-refractivity contribution in [3.05, 3.63) is 17.7 Å². The first kappa shape index (κ1) is 13.7. The molecule has 0 aromatic heterocycles. The molecule has 5 nitrogen and oxygen atoms in total. The van der Waals surface area contributed by atoms with Crippen LogP contribution in [0.25, 0.3) is 0 Å². The molecular formula is C14H21N3O2. The van der Waals surface area contributed by atoms with Gasteiger partial charge in [0.25, 0.3) is 0 Å². The van der Waals surface area contributed by atoms with Crippen LogP contribution in [-0.2, 0) is 16.0 Å². The molecule has 1 aliphatic rings. The molecule has 5 heteroatoms. The molecule has 0 atom stereocenters. The van der Waals surface area contributed by atoms with E-state index in [4.69, 9.17) is 10.5 Å². The van der Waals surface area contributed by atoms with Crippen LogP contribution >= 0.6 is 0 Å². The fourth-order valence-electron chi connectivity index (χ4n) is 2.32. The number of hydrogen-bond acceptors (Lipinski definition) is 4. The monoisotopic (exact) mass is 263 g/mol. The molecule has 0 bridgehead atoms. The predicted molar refractivity (Wildman–Crippen MR) is 77.4 cm³/mol. The molecule has 104 valence electrons. The maximum Gasteiger partial charge on any atom is 0.224 e. The van der Waals surface area contributed by atoms with E-state index in [-0.39, 0.29) is 11.4 Å². The summed E-state index contributed by atoms with van der Waals surface area (Å²) in [7, 11) is 1.68. The Morgan fingerprint density at radius 1 is 1.42 bits per heavy atom. The third-order valence-electron chi connectivity index (χ3n) is 3.15. The van der Waals surface area contributed by atoms with E-state index in [2.05, 4.69) is 24.5 Å². The van der Waals surface area contributed by atoms with Gasteiger partial charge in [0.1, 0.15) is 0 Å². The van der Waals surface area contributed by atoms with E-state index in [9.17, 15) is 4.79 Å². The summed E-state index contributed by atoms with van der Waals surface area (Å²) in [4.78, 5) is 11.4. The number of nitrogen functional groups attached to an aromatic ring is 1. The highest BCUT2D eigenvalue weighted by Gasteiger charge is 2.21. The Labute approximate surface area is 113 Å². The minimum absolute atomic E-state index is 0.0484. The van der Waals surface area contributed by atoms with Crippen molar-refractivity contribution in [2.24, 2.45) is 0 Å². The topological polar surface area (TPSA) is 76.4 Å². The zero-order chi connectivity index (χ0) is 14.0. The van der Waals surface area contributed by atoms with Gasteiger partial charge in [0.05, 0.1) is 23.5 Å². The Balaban J connectivity index is 2.25. The fraction of sp³-hybridized carbons (Fsp3) is 0.500. The number of rotatable bonds is 4. The molecule has 0 fully saturated rings. The van der Waals surface area contributed by atoms with Gasteiger partial charge >= 0.3 is 0 Å². The number of carbonyl (C=O) groups is 1. The van der Waals surface area contributed by atoms with Crippen LogP contribution in [-0.4, -0.2) is 25.2 Å². The Bertz CT molecular complexity index is 498. The molecule has 0 unspecified atom stereocenters. The number of anilines is 3. The summed E-state index contributed by atoms with van der Waals surface area (Å²) in [5, 5.41) is 6.23. The highest BCUT2D eigenvalue weighted by atomic mass is 16.5. The molecule has 1 amide bonds. The number of carbonyl (C=O) groups excluding carboxylic acids is 1. The Kier molecular flexibility index (Phi) is 3.66. The third kappa shape index (κ3) is 3.17. The fourth-order valence-corrected chi connectivity index (χ4v) is 2.32. The lowest BCUT2D eigenvalue weighted by Crippen LogP contribution is -2.36.